The molecule has 0 fully saturated rings. The molecule has 0 aliphatic heterocycles. The molecule has 0 unspecified atom stereocenters. The average Bonchev–Trinajstić information content (AvgIpc) is 3.03. The summed E-state index contributed by atoms with van der Waals surface area (Å²) in [6.07, 6.45) is 0.951. The van der Waals surface area contributed by atoms with Crippen LogP contribution in [0.5, 0.6) is 11.5 Å². The lowest BCUT2D eigenvalue weighted by Crippen LogP contribution is -2.08. The fourth-order valence-corrected chi connectivity index (χ4v) is 3.28. The molecule has 134 valence electrons. The third kappa shape index (κ3) is 4.49. The van der Waals surface area contributed by atoms with Gasteiger partial charge in [0.1, 0.15) is 28.0 Å². The lowest BCUT2D eigenvalue weighted by Gasteiger charge is -2.04. The maximum atomic E-state index is 12.4. The Bertz CT molecular complexity index is 883. The zero-order valence-electron chi connectivity index (χ0n) is 15.1. The zero-order valence-corrected chi connectivity index (χ0v) is 15.9. The van der Waals surface area contributed by atoms with Gasteiger partial charge in [0.15, 0.2) is 0 Å². The first-order chi connectivity index (χ1) is 12.5. The van der Waals surface area contributed by atoms with Crippen LogP contribution in [0.15, 0.2) is 48.5 Å². The Morgan fingerprint density at radius 3 is 2.31 bits per heavy atom. The van der Waals surface area contributed by atoms with Crippen LogP contribution in [0.3, 0.4) is 0 Å². The lowest BCUT2D eigenvalue weighted by atomic mass is 10.2. The van der Waals surface area contributed by atoms with Crippen molar-refractivity contribution in [3.8, 4) is 11.5 Å². The van der Waals surface area contributed by atoms with E-state index in [0.717, 1.165) is 17.2 Å². The van der Waals surface area contributed by atoms with Crippen LogP contribution in [0.2, 0.25) is 0 Å². The molecular weight excluding hydrogens is 346 g/mol. The molecule has 0 aliphatic rings. The number of carbonyl (C=O) groups is 1. The standard InChI is InChI=1S/C21H21NO3S/c1-4-16-7-11-18(12-8-16)25-21(23)20-15(3)22-19(26-20)13-24-17-9-5-14(2)6-10-17/h5-12H,4,13H2,1-3H3. The Balaban J connectivity index is 1.64. The molecule has 1 aromatic heterocycles. The Hall–Kier alpha value is -2.66. The predicted octanol–water partition coefficient (Wildman–Crippen LogP) is 5.12. The molecule has 0 saturated heterocycles. The summed E-state index contributed by atoms with van der Waals surface area (Å²) >= 11 is 1.31. The molecule has 5 heteroatoms. The minimum Gasteiger partial charge on any atom is -0.486 e. The van der Waals surface area contributed by atoms with Crippen LogP contribution in [-0.2, 0) is 13.0 Å². The van der Waals surface area contributed by atoms with E-state index < -0.39 is 0 Å². The van der Waals surface area contributed by atoms with Gasteiger partial charge < -0.3 is 9.47 Å². The largest absolute Gasteiger partial charge is 0.486 e. The van der Waals surface area contributed by atoms with Crippen molar-refractivity contribution in [2.75, 3.05) is 0 Å². The molecule has 0 N–H and O–H groups in total. The summed E-state index contributed by atoms with van der Waals surface area (Å²) in [6.45, 7) is 6.25. The average molecular weight is 367 g/mol. The van der Waals surface area contributed by atoms with Gasteiger partial charge in [-0.05, 0) is 50.1 Å². The summed E-state index contributed by atoms with van der Waals surface area (Å²) in [5.74, 6) is 0.937. The first-order valence-corrected chi connectivity index (χ1v) is 9.33. The van der Waals surface area contributed by atoms with Gasteiger partial charge in [0.25, 0.3) is 0 Å². The highest BCUT2D eigenvalue weighted by atomic mass is 32.1. The summed E-state index contributed by atoms with van der Waals surface area (Å²) in [5.41, 5.74) is 3.04. The van der Waals surface area contributed by atoms with Gasteiger partial charge in [-0.25, -0.2) is 9.78 Å². The molecule has 3 aromatic rings. The number of thiazole rings is 1. The molecule has 0 aliphatic carbocycles. The number of esters is 1. The van der Waals surface area contributed by atoms with Crippen molar-refractivity contribution in [1.29, 1.82) is 0 Å². The second-order valence-corrected chi connectivity index (χ2v) is 7.09. The van der Waals surface area contributed by atoms with Crippen molar-refractivity contribution in [3.05, 3.63) is 75.2 Å². The molecule has 0 bridgehead atoms. The third-order valence-corrected chi connectivity index (χ3v) is 5.06. The van der Waals surface area contributed by atoms with Gasteiger partial charge >= 0.3 is 5.97 Å². The predicted molar refractivity (Wildman–Crippen MR) is 103 cm³/mol. The van der Waals surface area contributed by atoms with Gasteiger partial charge in [0.2, 0.25) is 0 Å². The van der Waals surface area contributed by atoms with E-state index in [-0.39, 0.29) is 5.97 Å². The molecule has 0 radical (unpaired) electrons. The number of rotatable bonds is 6. The summed E-state index contributed by atoms with van der Waals surface area (Å²) in [4.78, 5) is 17.4. The maximum Gasteiger partial charge on any atom is 0.355 e. The maximum absolute atomic E-state index is 12.4. The minimum atomic E-state index is -0.383. The number of hydrogen-bond acceptors (Lipinski definition) is 5. The molecule has 26 heavy (non-hydrogen) atoms. The first kappa shape index (κ1) is 18.1. The third-order valence-electron chi connectivity index (χ3n) is 3.95. The van der Waals surface area contributed by atoms with Crippen LogP contribution >= 0.6 is 11.3 Å². The van der Waals surface area contributed by atoms with E-state index in [0.29, 0.717) is 22.9 Å². The second kappa shape index (κ2) is 8.15. The Kier molecular flexibility index (Phi) is 5.68. The van der Waals surface area contributed by atoms with Crippen LogP contribution in [-0.4, -0.2) is 11.0 Å². The SMILES string of the molecule is CCc1ccc(OC(=O)c2sc(COc3ccc(C)cc3)nc2C)cc1. The zero-order chi connectivity index (χ0) is 18.5. The quantitative estimate of drug-likeness (QED) is 0.448. The topological polar surface area (TPSA) is 48.4 Å². The number of aromatic nitrogens is 1. The van der Waals surface area contributed by atoms with E-state index in [1.54, 1.807) is 0 Å². The minimum absolute atomic E-state index is 0.326. The monoisotopic (exact) mass is 367 g/mol. The molecule has 0 atom stereocenters. The first-order valence-electron chi connectivity index (χ1n) is 8.52. The molecule has 0 saturated carbocycles. The van der Waals surface area contributed by atoms with E-state index >= 15 is 0 Å². The van der Waals surface area contributed by atoms with Crippen LogP contribution < -0.4 is 9.47 Å². The fraction of sp³-hybridized carbons (Fsp3) is 0.238. The van der Waals surface area contributed by atoms with Crippen LogP contribution in [0.1, 0.15) is 38.4 Å². The summed E-state index contributed by atoms with van der Waals surface area (Å²) < 4.78 is 11.2. The number of benzene rings is 2. The highest BCUT2D eigenvalue weighted by molar-refractivity contribution is 7.13. The molecule has 1 heterocycles. The van der Waals surface area contributed by atoms with Gasteiger partial charge in [-0.15, -0.1) is 11.3 Å². The molecular formula is C21H21NO3S. The Morgan fingerprint density at radius 2 is 1.65 bits per heavy atom. The molecule has 0 amide bonds. The Labute approximate surface area is 157 Å². The van der Waals surface area contributed by atoms with Crippen molar-refractivity contribution < 1.29 is 14.3 Å². The normalized spacial score (nSPS) is 10.6. The van der Waals surface area contributed by atoms with Crippen molar-refractivity contribution in [2.24, 2.45) is 0 Å². The van der Waals surface area contributed by atoms with Gasteiger partial charge in [0.05, 0.1) is 5.69 Å². The van der Waals surface area contributed by atoms with E-state index in [1.807, 2.05) is 62.4 Å². The van der Waals surface area contributed by atoms with E-state index in [9.17, 15) is 4.79 Å². The smallest absolute Gasteiger partial charge is 0.355 e. The molecule has 0 spiro atoms. The number of carbonyl (C=O) groups excluding carboxylic acids is 1. The highest BCUT2D eigenvalue weighted by Gasteiger charge is 2.18. The van der Waals surface area contributed by atoms with Crippen molar-refractivity contribution >= 4 is 17.3 Å². The van der Waals surface area contributed by atoms with Crippen LogP contribution in [0.25, 0.3) is 0 Å². The Morgan fingerprint density at radius 1 is 1.00 bits per heavy atom. The van der Waals surface area contributed by atoms with Gasteiger partial charge in [-0.3, -0.25) is 0 Å². The van der Waals surface area contributed by atoms with Gasteiger partial charge in [0, 0.05) is 0 Å². The fourth-order valence-electron chi connectivity index (χ4n) is 2.43. The summed E-state index contributed by atoms with van der Waals surface area (Å²) in [6, 6.07) is 15.4. The van der Waals surface area contributed by atoms with Crippen molar-refractivity contribution in [3.63, 3.8) is 0 Å². The number of aryl methyl sites for hydroxylation is 3. The second-order valence-electron chi connectivity index (χ2n) is 6.01. The molecule has 2 aromatic carbocycles. The summed E-state index contributed by atoms with van der Waals surface area (Å²) in [5, 5.41) is 0.747. The van der Waals surface area contributed by atoms with Gasteiger partial charge in [-0.2, -0.15) is 0 Å². The van der Waals surface area contributed by atoms with Crippen molar-refractivity contribution in [1.82, 2.24) is 4.98 Å². The number of nitrogens with zero attached hydrogens (tertiary/aromatic N) is 1. The van der Waals surface area contributed by atoms with Crippen LogP contribution in [0, 0.1) is 13.8 Å². The van der Waals surface area contributed by atoms with E-state index in [1.165, 1.54) is 22.5 Å². The number of ether oxygens (including phenoxy) is 2. The van der Waals surface area contributed by atoms with E-state index in [2.05, 4.69) is 11.9 Å². The highest BCUT2D eigenvalue weighted by Crippen LogP contribution is 2.23. The van der Waals surface area contributed by atoms with E-state index in [4.69, 9.17) is 9.47 Å². The number of hydrogen-bond donors (Lipinski definition) is 0. The lowest BCUT2D eigenvalue weighted by molar-refractivity contribution is 0.0739. The van der Waals surface area contributed by atoms with Crippen LogP contribution in [0.4, 0.5) is 0 Å². The molecule has 4 nitrogen and oxygen atoms in total. The summed E-state index contributed by atoms with van der Waals surface area (Å²) in [7, 11) is 0. The molecule has 3 rings (SSSR count). The van der Waals surface area contributed by atoms with Crippen molar-refractivity contribution in [2.45, 2.75) is 33.8 Å². The van der Waals surface area contributed by atoms with Gasteiger partial charge in [-0.1, -0.05) is 36.8 Å².